The molecule has 3 nitrogen and oxygen atoms in total. The lowest BCUT2D eigenvalue weighted by Crippen LogP contribution is -2.39. The van der Waals surface area contributed by atoms with Crippen molar-refractivity contribution in [1.82, 2.24) is 9.97 Å². The van der Waals surface area contributed by atoms with Gasteiger partial charge in [-0.15, -0.1) is 11.6 Å². The SMILES string of the molecule is CCC(CC)(CCl)Nc1ncnc2c1CCC2. The summed E-state index contributed by atoms with van der Waals surface area (Å²) < 4.78 is 0. The zero-order valence-electron chi connectivity index (χ0n) is 10.6. The van der Waals surface area contributed by atoms with Crippen molar-refractivity contribution in [3.8, 4) is 0 Å². The first-order valence-corrected chi connectivity index (χ1v) is 6.95. The second-order valence-corrected chi connectivity index (χ2v) is 5.01. The first-order valence-electron chi connectivity index (χ1n) is 6.41. The zero-order valence-corrected chi connectivity index (χ0v) is 11.3. The van der Waals surface area contributed by atoms with Crippen LogP contribution < -0.4 is 5.32 Å². The molecule has 0 fully saturated rings. The van der Waals surface area contributed by atoms with Crippen LogP contribution in [0.3, 0.4) is 0 Å². The van der Waals surface area contributed by atoms with E-state index in [1.54, 1.807) is 6.33 Å². The third-order valence-electron chi connectivity index (χ3n) is 3.87. The molecule has 1 aromatic rings. The highest BCUT2D eigenvalue weighted by Gasteiger charge is 2.27. The van der Waals surface area contributed by atoms with Crippen molar-refractivity contribution >= 4 is 17.4 Å². The monoisotopic (exact) mass is 253 g/mol. The number of fused-ring (bicyclic) bond motifs is 1. The minimum Gasteiger partial charge on any atom is -0.363 e. The van der Waals surface area contributed by atoms with Gasteiger partial charge in [0, 0.05) is 17.1 Å². The molecule has 94 valence electrons. The molecule has 0 spiro atoms. The number of halogens is 1. The van der Waals surface area contributed by atoms with E-state index in [0.29, 0.717) is 5.88 Å². The number of aryl methyl sites for hydroxylation is 1. The van der Waals surface area contributed by atoms with Crippen LogP contribution >= 0.6 is 11.6 Å². The number of rotatable bonds is 5. The zero-order chi connectivity index (χ0) is 12.3. The van der Waals surface area contributed by atoms with Gasteiger partial charge in [-0.25, -0.2) is 9.97 Å². The summed E-state index contributed by atoms with van der Waals surface area (Å²) >= 11 is 6.12. The molecule has 0 saturated heterocycles. The van der Waals surface area contributed by atoms with Crippen molar-refractivity contribution in [2.75, 3.05) is 11.2 Å². The molecule has 0 aromatic carbocycles. The van der Waals surface area contributed by atoms with E-state index in [2.05, 4.69) is 29.1 Å². The number of aromatic nitrogens is 2. The van der Waals surface area contributed by atoms with Gasteiger partial charge in [0.05, 0.1) is 5.54 Å². The Morgan fingerprint density at radius 1 is 1.29 bits per heavy atom. The number of anilines is 1. The number of hydrogen-bond acceptors (Lipinski definition) is 3. The van der Waals surface area contributed by atoms with Gasteiger partial charge < -0.3 is 5.32 Å². The molecule has 0 radical (unpaired) electrons. The highest BCUT2D eigenvalue weighted by atomic mass is 35.5. The lowest BCUT2D eigenvalue weighted by atomic mass is 9.95. The summed E-state index contributed by atoms with van der Waals surface area (Å²) in [6, 6.07) is 0. The quantitative estimate of drug-likeness (QED) is 0.819. The molecule has 0 atom stereocenters. The number of nitrogens with zero attached hydrogens (tertiary/aromatic N) is 2. The second-order valence-electron chi connectivity index (χ2n) is 4.75. The maximum absolute atomic E-state index is 6.12. The minimum atomic E-state index is -0.0354. The van der Waals surface area contributed by atoms with Gasteiger partial charge in [-0.05, 0) is 32.1 Å². The molecule has 1 aliphatic carbocycles. The fourth-order valence-electron chi connectivity index (χ4n) is 2.37. The average Bonchev–Trinajstić information content (AvgIpc) is 2.85. The fourth-order valence-corrected chi connectivity index (χ4v) is 2.81. The molecule has 1 aromatic heterocycles. The van der Waals surface area contributed by atoms with Crippen molar-refractivity contribution < 1.29 is 0 Å². The maximum atomic E-state index is 6.12. The molecule has 0 amide bonds. The van der Waals surface area contributed by atoms with Crippen LogP contribution in [0.1, 0.15) is 44.4 Å². The summed E-state index contributed by atoms with van der Waals surface area (Å²) in [6.45, 7) is 4.33. The Bertz CT molecular complexity index is 380. The smallest absolute Gasteiger partial charge is 0.133 e. The van der Waals surface area contributed by atoms with Crippen molar-refractivity contribution in [3.05, 3.63) is 17.6 Å². The molecule has 1 N–H and O–H groups in total. The van der Waals surface area contributed by atoms with Crippen LogP contribution in [-0.4, -0.2) is 21.4 Å². The van der Waals surface area contributed by atoms with Gasteiger partial charge in [0.2, 0.25) is 0 Å². The largest absolute Gasteiger partial charge is 0.363 e. The van der Waals surface area contributed by atoms with E-state index in [9.17, 15) is 0 Å². The van der Waals surface area contributed by atoms with E-state index in [1.807, 2.05) is 0 Å². The van der Waals surface area contributed by atoms with Gasteiger partial charge in [0.25, 0.3) is 0 Å². The Balaban J connectivity index is 2.26. The third-order valence-corrected chi connectivity index (χ3v) is 4.38. The van der Waals surface area contributed by atoms with E-state index in [4.69, 9.17) is 11.6 Å². The number of alkyl halides is 1. The molecular weight excluding hydrogens is 234 g/mol. The summed E-state index contributed by atoms with van der Waals surface area (Å²) in [6.07, 6.45) is 7.03. The summed E-state index contributed by atoms with van der Waals surface area (Å²) in [4.78, 5) is 8.74. The minimum absolute atomic E-state index is 0.0354. The number of hydrogen-bond donors (Lipinski definition) is 1. The van der Waals surface area contributed by atoms with Gasteiger partial charge in [-0.2, -0.15) is 0 Å². The van der Waals surface area contributed by atoms with Gasteiger partial charge in [0.15, 0.2) is 0 Å². The Kier molecular flexibility index (Phi) is 3.87. The molecule has 17 heavy (non-hydrogen) atoms. The van der Waals surface area contributed by atoms with Crippen molar-refractivity contribution in [3.63, 3.8) is 0 Å². The van der Waals surface area contributed by atoms with Gasteiger partial charge >= 0.3 is 0 Å². The molecule has 0 saturated carbocycles. The van der Waals surface area contributed by atoms with Crippen LogP contribution in [0.2, 0.25) is 0 Å². The first-order chi connectivity index (χ1) is 8.24. The molecule has 1 heterocycles. The summed E-state index contributed by atoms with van der Waals surface area (Å²) in [7, 11) is 0. The third kappa shape index (κ3) is 2.39. The summed E-state index contributed by atoms with van der Waals surface area (Å²) in [5.74, 6) is 1.61. The Morgan fingerprint density at radius 2 is 2.06 bits per heavy atom. The second kappa shape index (κ2) is 5.21. The lowest BCUT2D eigenvalue weighted by Gasteiger charge is -2.32. The Hall–Kier alpha value is -0.830. The van der Waals surface area contributed by atoms with Gasteiger partial charge in [-0.3, -0.25) is 0 Å². The predicted octanol–water partition coefficient (Wildman–Crippen LogP) is 3.17. The van der Waals surface area contributed by atoms with E-state index >= 15 is 0 Å². The van der Waals surface area contributed by atoms with Crippen LogP contribution in [0.5, 0.6) is 0 Å². The Morgan fingerprint density at radius 3 is 2.71 bits per heavy atom. The van der Waals surface area contributed by atoms with E-state index in [-0.39, 0.29) is 5.54 Å². The topological polar surface area (TPSA) is 37.8 Å². The molecule has 0 bridgehead atoms. The molecule has 1 aliphatic rings. The highest BCUT2D eigenvalue weighted by Crippen LogP contribution is 2.29. The summed E-state index contributed by atoms with van der Waals surface area (Å²) in [5, 5.41) is 3.56. The van der Waals surface area contributed by atoms with E-state index in [0.717, 1.165) is 31.5 Å². The van der Waals surface area contributed by atoms with Crippen molar-refractivity contribution in [2.24, 2.45) is 0 Å². The van der Waals surface area contributed by atoms with Crippen LogP contribution in [0.25, 0.3) is 0 Å². The fraction of sp³-hybridized carbons (Fsp3) is 0.692. The molecule has 0 aliphatic heterocycles. The van der Waals surface area contributed by atoms with Crippen LogP contribution in [0.15, 0.2) is 6.33 Å². The van der Waals surface area contributed by atoms with Crippen LogP contribution in [-0.2, 0) is 12.8 Å². The van der Waals surface area contributed by atoms with Crippen LogP contribution in [0.4, 0.5) is 5.82 Å². The standard InChI is InChI=1S/C13H20ClN3/c1-3-13(4-2,8-14)17-12-10-6-5-7-11(10)15-9-16-12/h9H,3-8H2,1-2H3,(H,15,16,17). The average molecular weight is 254 g/mol. The van der Waals surface area contributed by atoms with E-state index < -0.39 is 0 Å². The molecule has 4 heteroatoms. The van der Waals surface area contributed by atoms with E-state index in [1.165, 1.54) is 17.7 Å². The molecule has 0 unspecified atom stereocenters. The van der Waals surface area contributed by atoms with Crippen LogP contribution in [0, 0.1) is 0 Å². The maximum Gasteiger partial charge on any atom is 0.133 e. The highest BCUT2D eigenvalue weighted by molar-refractivity contribution is 6.18. The van der Waals surface area contributed by atoms with Gasteiger partial charge in [-0.1, -0.05) is 13.8 Å². The Labute approximate surface area is 108 Å². The lowest BCUT2D eigenvalue weighted by molar-refractivity contribution is 0.482. The van der Waals surface area contributed by atoms with Crippen molar-refractivity contribution in [2.45, 2.75) is 51.5 Å². The van der Waals surface area contributed by atoms with Crippen molar-refractivity contribution in [1.29, 1.82) is 0 Å². The van der Waals surface area contributed by atoms with Gasteiger partial charge in [0.1, 0.15) is 12.1 Å². The number of nitrogens with one attached hydrogen (secondary N) is 1. The molecular formula is C13H20ClN3. The first kappa shape index (κ1) is 12.6. The molecule has 2 rings (SSSR count). The predicted molar refractivity (Wildman–Crippen MR) is 71.7 cm³/mol. The normalized spacial score (nSPS) is 14.8. The summed E-state index contributed by atoms with van der Waals surface area (Å²) in [5.41, 5.74) is 2.47.